The average molecular weight is 509 g/mol. The normalized spacial score (nSPS) is 20.0. The highest BCUT2D eigenvalue weighted by Gasteiger charge is 2.42. The summed E-state index contributed by atoms with van der Waals surface area (Å²) in [6.07, 6.45) is 0.295. The molecule has 0 aliphatic carbocycles. The summed E-state index contributed by atoms with van der Waals surface area (Å²) in [5.41, 5.74) is 3.92. The maximum atomic E-state index is 6.50. The molecule has 2 atom stereocenters. The van der Waals surface area contributed by atoms with Crippen LogP contribution in [0.4, 0.5) is 0 Å². The Balaban J connectivity index is 1.63. The molecule has 0 fully saturated rings. The van der Waals surface area contributed by atoms with E-state index in [1.54, 1.807) is 6.07 Å². The molecule has 29 heavy (non-hydrogen) atoms. The molecule has 0 N–H and O–H groups in total. The van der Waals surface area contributed by atoms with E-state index in [2.05, 4.69) is 28.1 Å². The van der Waals surface area contributed by atoms with Gasteiger partial charge in [0.1, 0.15) is 5.75 Å². The Labute approximate surface area is 192 Å². The highest BCUT2D eigenvalue weighted by molar-refractivity contribution is 9.10. The average Bonchev–Trinajstić information content (AvgIpc) is 3.14. The van der Waals surface area contributed by atoms with Crippen LogP contribution in [0, 0.1) is 0 Å². The van der Waals surface area contributed by atoms with Crippen LogP contribution in [-0.4, -0.2) is 10.7 Å². The van der Waals surface area contributed by atoms with Gasteiger partial charge in [-0.2, -0.15) is 5.10 Å². The van der Waals surface area contributed by atoms with Crippen molar-refractivity contribution >= 4 is 56.4 Å². The first kappa shape index (κ1) is 19.3. The highest BCUT2D eigenvalue weighted by atomic mass is 79.9. The Morgan fingerprint density at radius 2 is 1.76 bits per heavy atom. The van der Waals surface area contributed by atoms with Crippen molar-refractivity contribution in [1.82, 2.24) is 5.01 Å². The zero-order chi connectivity index (χ0) is 20.1. The molecule has 7 heteroatoms. The number of benzene rings is 3. The second-order valence-electron chi connectivity index (χ2n) is 6.98. The summed E-state index contributed by atoms with van der Waals surface area (Å²) in [5.74, 6) is 0.648. The molecule has 0 saturated carbocycles. The first-order valence-corrected chi connectivity index (χ1v) is 10.9. The van der Waals surface area contributed by atoms with Gasteiger partial charge >= 0.3 is 0 Å². The topological polar surface area (TPSA) is 24.8 Å². The molecule has 0 spiro atoms. The lowest BCUT2D eigenvalue weighted by Gasteiger charge is -2.38. The standard InChI is InChI=1S/C22H14BrCl3N2O/c23-14-6-4-12(5-7-14)19-11-20-17-9-16(25)10-18(26)21(17)29-22(28(20)27-19)13-2-1-3-15(24)8-13/h1-10,20,22H,11H2. The summed E-state index contributed by atoms with van der Waals surface area (Å²) >= 11 is 22.5. The molecule has 0 saturated heterocycles. The number of ether oxygens (including phenoxy) is 1. The van der Waals surface area contributed by atoms with Gasteiger partial charge in [-0.1, -0.05) is 75.0 Å². The van der Waals surface area contributed by atoms with Crippen LogP contribution in [0.5, 0.6) is 5.75 Å². The summed E-state index contributed by atoms with van der Waals surface area (Å²) < 4.78 is 7.37. The van der Waals surface area contributed by atoms with Crippen LogP contribution in [0.3, 0.4) is 0 Å². The fourth-order valence-electron chi connectivity index (χ4n) is 3.81. The first-order chi connectivity index (χ1) is 14.0. The van der Waals surface area contributed by atoms with Gasteiger partial charge in [-0.25, -0.2) is 5.01 Å². The van der Waals surface area contributed by atoms with E-state index in [0.717, 1.165) is 33.3 Å². The van der Waals surface area contributed by atoms with Crippen LogP contribution in [0.15, 0.2) is 70.2 Å². The fourth-order valence-corrected chi connectivity index (χ4v) is 4.83. The van der Waals surface area contributed by atoms with Gasteiger partial charge in [0.05, 0.1) is 16.8 Å². The van der Waals surface area contributed by atoms with Crippen molar-refractivity contribution in [3.63, 3.8) is 0 Å². The van der Waals surface area contributed by atoms with Crippen LogP contribution >= 0.6 is 50.7 Å². The largest absolute Gasteiger partial charge is 0.463 e. The Bertz CT molecular complexity index is 1130. The molecule has 5 rings (SSSR count). The Morgan fingerprint density at radius 3 is 2.52 bits per heavy atom. The second kappa shape index (κ2) is 7.51. The van der Waals surface area contributed by atoms with E-state index < -0.39 is 6.23 Å². The molecule has 2 unspecified atom stereocenters. The van der Waals surface area contributed by atoms with Crippen molar-refractivity contribution in [2.75, 3.05) is 0 Å². The smallest absolute Gasteiger partial charge is 0.214 e. The molecule has 146 valence electrons. The Morgan fingerprint density at radius 1 is 0.966 bits per heavy atom. The number of halogens is 4. The minimum atomic E-state index is -0.433. The molecule has 0 radical (unpaired) electrons. The summed E-state index contributed by atoms with van der Waals surface area (Å²) in [5, 5.41) is 8.64. The molecule has 0 amide bonds. The monoisotopic (exact) mass is 506 g/mol. The molecule has 2 aliphatic heterocycles. The summed E-state index contributed by atoms with van der Waals surface area (Å²) in [4.78, 5) is 0. The van der Waals surface area contributed by atoms with E-state index in [4.69, 9.17) is 44.6 Å². The zero-order valence-corrected chi connectivity index (χ0v) is 18.8. The minimum Gasteiger partial charge on any atom is -0.463 e. The van der Waals surface area contributed by atoms with Crippen LogP contribution in [0.1, 0.15) is 35.4 Å². The van der Waals surface area contributed by atoms with Crippen LogP contribution < -0.4 is 4.74 Å². The van der Waals surface area contributed by atoms with E-state index in [-0.39, 0.29) is 6.04 Å². The number of fused-ring (bicyclic) bond motifs is 3. The maximum Gasteiger partial charge on any atom is 0.214 e. The summed E-state index contributed by atoms with van der Waals surface area (Å²) in [6, 6.07) is 19.4. The van der Waals surface area contributed by atoms with Crippen LogP contribution in [0.2, 0.25) is 15.1 Å². The second-order valence-corrected chi connectivity index (χ2v) is 9.18. The third-order valence-electron chi connectivity index (χ3n) is 5.12. The van der Waals surface area contributed by atoms with Gasteiger partial charge in [0, 0.05) is 32.1 Å². The Kier molecular flexibility index (Phi) is 4.99. The van der Waals surface area contributed by atoms with Crippen LogP contribution in [0.25, 0.3) is 0 Å². The van der Waals surface area contributed by atoms with Crippen molar-refractivity contribution in [3.8, 4) is 5.75 Å². The third kappa shape index (κ3) is 3.53. The predicted molar refractivity (Wildman–Crippen MR) is 121 cm³/mol. The minimum absolute atomic E-state index is 0.0300. The predicted octanol–water partition coefficient (Wildman–Crippen LogP) is 7.65. The van der Waals surface area contributed by atoms with Gasteiger partial charge in [-0.15, -0.1) is 0 Å². The molecule has 0 bridgehead atoms. The number of hydrogen-bond acceptors (Lipinski definition) is 3. The van der Waals surface area contributed by atoms with Gasteiger partial charge in [0.25, 0.3) is 0 Å². The molecule has 2 heterocycles. The van der Waals surface area contributed by atoms with Gasteiger partial charge in [0.2, 0.25) is 6.23 Å². The summed E-state index contributed by atoms with van der Waals surface area (Å²) in [7, 11) is 0. The highest BCUT2D eigenvalue weighted by Crippen LogP contribution is 2.50. The molecule has 0 aromatic heterocycles. The molecule has 2 aliphatic rings. The lowest BCUT2D eigenvalue weighted by molar-refractivity contribution is -0.0189. The molecule has 3 aromatic carbocycles. The quantitative estimate of drug-likeness (QED) is 0.355. The van der Waals surface area contributed by atoms with Crippen molar-refractivity contribution in [3.05, 3.63) is 96.9 Å². The molecule has 3 nitrogen and oxygen atoms in total. The van der Waals surface area contributed by atoms with Crippen molar-refractivity contribution in [2.45, 2.75) is 18.7 Å². The third-order valence-corrected chi connectivity index (χ3v) is 6.38. The molecular weight excluding hydrogens is 495 g/mol. The van der Waals surface area contributed by atoms with E-state index in [1.807, 2.05) is 47.5 Å². The van der Waals surface area contributed by atoms with Gasteiger partial charge in [-0.05, 0) is 42.0 Å². The van der Waals surface area contributed by atoms with E-state index in [9.17, 15) is 0 Å². The molecule has 3 aromatic rings. The van der Waals surface area contributed by atoms with Gasteiger partial charge < -0.3 is 4.74 Å². The van der Waals surface area contributed by atoms with E-state index >= 15 is 0 Å². The van der Waals surface area contributed by atoms with Crippen molar-refractivity contribution in [2.24, 2.45) is 5.10 Å². The van der Waals surface area contributed by atoms with Crippen molar-refractivity contribution in [1.29, 1.82) is 0 Å². The zero-order valence-electron chi connectivity index (χ0n) is 14.9. The van der Waals surface area contributed by atoms with E-state index in [1.165, 1.54) is 0 Å². The first-order valence-electron chi connectivity index (χ1n) is 9.02. The number of rotatable bonds is 2. The molecular formula is C22H14BrCl3N2O. The fraction of sp³-hybridized carbons (Fsp3) is 0.136. The lowest BCUT2D eigenvalue weighted by atomic mass is 9.96. The maximum absolute atomic E-state index is 6.50. The number of hydrogen-bond donors (Lipinski definition) is 0. The SMILES string of the molecule is Clc1cccc(C2Oc3c(Cl)cc(Cl)cc3C3CC(c4ccc(Br)cc4)=NN32)c1. The number of hydrazone groups is 1. The lowest BCUT2D eigenvalue weighted by Crippen LogP contribution is -2.33. The van der Waals surface area contributed by atoms with Crippen LogP contribution in [-0.2, 0) is 0 Å². The van der Waals surface area contributed by atoms with Crippen molar-refractivity contribution < 1.29 is 4.74 Å². The summed E-state index contributed by atoms with van der Waals surface area (Å²) in [6.45, 7) is 0. The van der Waals surface area contributed by atoms with Gasteiger partial charge in [0.15, 0.2) is 0 Å². The van der Waals surface area contributed by atoms with Gasteiger partial charge in [-0.3, -0.25) is 0 Å². The Hall–Kier alpha value is -1.72. The number of nitrogens with zero attached hydrogens (tertiary/aromatic N) is 2. The van der Waals surface area contributed by atoms with E-state index in [0.29, 0.717) is 20.8 Å².